The Morgan fingerprint density at radius 3 is 3.11 bits per heavy atom. The van der Waals surface area contributed by atoms with E-state index in [2.05, 4.69) is 15.6 Å². The number of benzene rings is 1. The van der Waals surface area contributed by atoms with Crippen molar-refractivity contribution < 1.29 is 4.74 Å². The molecule has 0 aliphatic carbocycles. The van der Waals surface area contributed by atoms with Gasteiger partial charge < -0.3 is 14.3 Å². The van der Waals surface area contributed by atoms with Crippen molar-refractivity contribution in [1.29, 1.82) is 0 Å². The van der Waals surface area contributed by atoms with Crippen LogP contribution in [0.1, 0.15) is 25.7 Å². The van der Waals surface area contributed by atoms with Gasteiger partial charge in [-0.25, -0.2) is 0 Å². The summed E-state index contributed by atoms with van der Waals surface area (Å²) in [5, 5.41) is 0.719. The number of imidazole rings is 1. The van der Waals surface area contributed by atoms with Crippen LogP contribution in [-0.2, 0) is 11.3 Å². The number of rotatable bonds is 3. The molecule has 0 spiro atoms. The first-order chi connectivity index (χ1) is 9.25. The number of H-pyrrole nitrogens is 1. The quantitative estimate of drug-likeness (QED) is 0.855. The van der Waals surface area contributed by atoms with Crippen LogP contribution in [0.3, 0.4) is 0 Å². The van der Waals surface area contributed by atoms with Crippen molar-refractivity contribution in [3.05, 3.63) is 28.0 Å². The highest BCUT2D eigenvalue weighted by Crippen LogP contribution is 2.24. The van der Waals surface area contributed by atoms with Crippen molar-refractivity contribution >= 4 is 34.9 Å². The predicted molar refractivity (Wildman–Crippen MR) is 80.3 cm³/mol. The second-order valence-corrected chi connectivity index (χ2v) is 5.79. The van der Waals surface area contributed by atoms with Gasteiger partial charge >= 0.3 is 0 Å². The van der Waals surface area contributed by atoms with E-state index in [0.717, 1.165) is 46.8 Å². The molecule has 3 nitrogen and oxygen atoms in total. The first-order valence-corrected chi connectivity index (χ1v) is 7.53. The molecule has 1 aromatic heterocycles. The van der Waals surface area contributed by atoms with Gasteiger partial charge in [-0.3, -0.25) is 0 Å². The largest absolute Gasteiger partial charge is 0.378 e. The molecule has 1 N–H and O–H groups in total. The second-order valence-electron chi connectivity index (χ2n) is 4.99. The smallest absolute Gasteiger partial charge is 0.178 e. The second kappa shape index (κ2) is 5.65. The molecule has 1 aliphatic heterocycles. The van der Waals surface area contributed by atoms with E-state index < -0.39 is 0 Å². The molecule has 0 radical (unpaired) electrons. The van der Waals surface area contributed by atoms with Crippen molar-refractivity contribution in [2.45, 2.75) is 38.3 Å². The number of aromatic nitrogens is 2. The first kappa shape index (κ1) is 13.2. The molecule has 0 amide bonds. The summed E-state index contributed by atoms with van der Waals surface area (Å²) in [5.74, 6) is 0. The summed E-state index contributed by atoms with van der Waals surface area (Å²) in [6.07, 6.45) is 5.01. The zero-order valence-electron chi connectivity index (χ0n) is 10.7. The highest BCUT2D eigenvalue weighted by molar-refractivity contribution is 7.71. The number of nitrogens with zero attached hydrogens (tertiary/aromatic N) is 1. The molecule has 0 saturated carbocycles. The molecule has 1 fully saturated rings. The van der Waals surface area contributed by atoms with Crippen molar-refractivity contribution in [3.63, 3.8) is 0 Å². The van der Waals surface area contributed by atoms with E-state index in [1.54, 1.807) is 0 Å². The lowest BCUT2D eigenvalue weighted by Crippen LogP contribution is -2.20. The minimum atomic E-state index is 0.375. The fourth-order valence-corrected chi connectivity index (χ4v) is 3.18. The molecule has 0 bridgehead atoms. The molecule has 1 aromatic carbocycles. The maximum atomic E-state index is 6.18. The summed E-state index contributed by atoms with van der Waals surface area (Å²) < 4.78 is 8.62. The Labute approximate surface area is 122 Å². The van der Waals surface area contributed by atoms with Crippen molar-refractivity contribution in [1.82, 2.24) is 9.55 Å². The van der Waals surface area contributed by atoms with Gasteiger partial charge in [0.25, 0.3) is 0 Å². The Balaban J connectivity index is 1.82. The van der Waals surface area contributed by atoms with E-state index in [-0.39, 0.29) is 0 Å². The van der Waals surface area contributed by atoms with Crippen LogP contribution >= 0.6 is 23.8 Å². The van der Waals surface area contributed by atoms with Gasteiger partial charge in [0.15, 0.2) is 4.77 Å². The minimum Gasteiger partial charge on any atom is -0.378 e. The van der Waals surface area contributed by atoms with E-state index >= 15 is 0 Å². The monoisotopic (exact) mass is 296 g/mol. The highest BCUT2D eigenvalue weighted by Gasteiger charge is 2.15. The molecule has 5 heteroatoms. The maximum absolute atomic E-state index is 6.18. The van der Waals surface area contributed by atoms with Crippen LogP contribution in [0.2, 0.25) is 5.02 Å². The Morgan fingerprint density at radius 1 is 1.42 bits per heavy atom. The number of hydrogen-bond donors (Lipinski definition) is 1. The molecule has 19 heavy (non-hydrogen) atoms. The number of fused-ring (bicyclic) bond motifs is 1. The third-order valence-electron chi connectivity index (χ3n) is 3.71. The average molecular weight is 297 g/mol. The number of halogens is 1. The van der Waals surface area contributed by atoms with Crippen molar-refractivity contribution in [3.8, 4) is 0 Å². The van der Waals surface area contributed by atoms with Gasteiger partial charge in [-0.05, 0) is 50.0 Å². The Bertz CT molecular complexity index is 628. The van der Waals surface area contributed by atoms with Gasteiger partial charge in [0, 0.05) is 13.2 Å². The van der Waals surface area contributed by atoms with Crippen LogP contribution < -0.4 is 0 Å². The standard InChI is InChI=1S/C14H17ClN2OS/c15-11-5-3-6-12-13(11)16-14(19)17(12)8-7-10-4-1-2-9-18-10/h3,5-6,10H,1-2,4,7-9H2,(H,16,19). The summed E-state index contributed by atoms with van der Waals surface area (Å²) in [6, 6.07) is 5.89. The van der Waals surface area contributed by atoms with E-state index in [1.807, 2.05) is 12.1 Å². The molecule has 2 aromatic rings. The van der Waals surface area contributed by atoms with Gasteiger partial charge in [0.05, 0.1) is 22.2 Å². The number of hydrogen-bond acceptors (Lipinski definition) is 2. The number of aromatic amines is 1. The van der Waals surface area contributed by atoms with Crippen LogP contribution in [0.5, 0.6) is 0 Å². The zero-order chi connectivity index (χ0) is 13.2. The topological polar surface area (TPSA) is 29.9 Å². The molecule has 3 rings (SSSR count). The summed E-state index contributed by atoms with van der Waals surface area (Å²) in [5.41, 5.74) is 2.01. The van der Waals surface area contributed by atoms with Gasteiger partial charge in [-0.2, -0.15) is 0 Å². The molecule has 1 saturated heterocycles. The molecular weight excluding hydrogens is 280 g/mol. The molecule has 1 aliphatic rings. The fraction of sp³-hybridized carbons (Fsp3) is 0.500. The van der Waals surface area contributed by atoms with Gasteiger partial charge in [-0.15, -0.1) is 0 Å². The summed E-state index contributed by atoms with van der Waals surface area (Å²) >= 11 is 11.6. The summed E-state index contributed by atoms with van der Waals surface area (Å²) in [7, 11) is 0. The van der Waals surface area contributed by atoms with Gasteiger partial charge in [0.1, 0.15) is 0 Å². The Morgan fingerprint density at radius 2 is 2.32 bits per heavy atom. The number of aryl methyl sites for hydroxylation is 1. The first-order valence-electron chi connectivity index (χ1n) is 6.74. The molecule has 102 valence electrons. The van der Waals surface area contributed by atoms with Gasteiger partial charge in [-0.1, -0.05) is 17.7 Å². The maximum Gasteiger partial charge on any atom is 0.178 e. The van der Waals surface area contributed by atoms with E-state index in [0.29, 0.717) is 6.10 Å². The van der Waals surface area contributed by atoms with Crippen molar-refractivity contribution in [2.24, 2.45) is 0 Å². The average Bonchev–Trinajstić information content (AvgIpc) is 2.75. The third-order valence-corrected chi connectivity index (χ3v) is 4.35. The third kappa shape index (κ3) is 2.71. The predicted octanol–water partition coefficient (Wildman–Crippen LogP) is 4.31. The van der Waals surface area contributed by atoms with Crippen LogP contribution in [-0.4, -0.2) is 22.3 Å². The number of para-hydroxylation sites is 1. The number of ether oxygens (including phenoxy) is 1. The van der Waals surface area contributed by atoms with E-state index in [9.17, 15) is 0 Å². The summed E-state index contributed by atoms with van der Waals surface area (Å²) in [6.45, 7) is 1.78. The molecule has 1 unspecified atom stereocenters. The Hall–Kier alpha value is -0.840. The lowest BCUT2D eigenvalue weighted by molar-refractivity contribution is 0.00892. The zero-order valence-corrected chi connectivity index (χ0v) is 12.3. The molecular formula is C14H17ClN2OS. The van der Waals surface area contributed by atoms with Crippen LogP contribution in [0.4, 0.5) is 0 Å². The fourth-order valence-electron chi connectivity index (χ4n) is 2.68. The molecule has 1 atom stereocenters. The van der Waals surface area contributed by atoms with Crippen LogP contribution in [0, 0.1) is 4.77 Å². The number of nitrogens with one attached hydrogen (secondary N) is 1. The van der Waals surface area contributed by atoms with Gasteiger partial charge in [0.2, 0.25) is 0 Å². The van der Waals surface area contributed by atoms with E-state index in [4.69, 9.17) is 28.6 Å². The lowest BCUT2D eigenvalue weighted by atomic mass is 10.1. The normalized spacial score (nSPS) is 19.9. The molecule has 2 heterocycles. The minimum absolute atomic E-state index is 0.375. The lowest BCUT2D eigenvalue weighted by Gasteiger charge is -2.22. The Kier molecular flexibility index (Phi) is 3.91. The van der Waals surface area contributed by atoms with Crippen LogP contribution in [0.15, 0.2) is 18.2 Å². The summed E-state index contributed by atoms with van der Waals surface area (Å²) in [4.78, 5) is 3.19. The van der Waals surface area contributed by atoms with Crippen molar-refractivity contribution in [2.75, 3.05) is 6.61 Å². The van der Waals surface area contributed by atoms with Crippen LogP contribution in [0.25, 0.3) is 11.0 Å². The SMILES string of the molecule is S=c1[nH]c2c(Cl)cccc2n1CCC1CCCCO1. The highest BCUT2D eigenvalue weighted by atomic mass is 35.5. The van der Waals surface area contributed by atoms with E-state index in [1.165, 1.54) is 12.8 Å².